The van der Waals surface area contributed by atoms with Crippen LogP contribution in [0.1, 0.15) is 33.1 Å². The lowest BCUT2D eigenvalue weighted by atomic mass is 10.1. The van der Waals surface area contributed by atoms with Crippen LogP contribution < -0.4 is 0 Å². The van der Waals surface area contributed by atoms with Crippen molar-refractivity contribution in [3.05, 3.63) is 0 Å². The average Bonchev–Trinajstić information content (AvgIpc) is 2.96. The summed E-state index contributed by atoms with van der Waals surface area (Å²) in [6, 6.07) is 0. The van der Waals surface area contributed by atoms with E-state index in [1.54, 1.807) is 0 Å². The molecule has 0 amide bonds. The average molecular weight is 284 g/mol. The Labute approximate surface area is 124 Å². The maximum absolute atomic E-state index is 5.75. The minimum atomic E-state index is 0.364. The Balaban J connectivity index is 1.47. The van der Waals surface area contributed by atoms with Crippen molar-refractivity contribution < 1.29 is 9.47 Å². The van der Waals surface area contributed by atoms with Crippen LogP contribution in [0.25, 0.3) is 0 Å². The van der Waals surface area contributed by atoms with E-state index in [-0.39, 0.29) is 0 Å². The number of piperazine rings is 1. The Hall–Kier alpha value is -0.160. The van der Waals surface area contributed by atoms with Crippen LogP contribution in [0.2, 0.25) is 0 Å². The van der Waals surface area contributed by atoms with Crippen molar-refractivity contribution in [1.29, 1.82) is 0 Å². The summed E-state index contributed by atoms with van der Waals surface area (Å²) in [6.45, 7) is 14.3. The molecule has 0 N–H and O–H groups in total. The van der Waals surface area contributed by atoms with E-state index in [2.05, 4.69) is 23.6 Å². The second kappa shape index (κ2) is 8.98. The van der Waals surface area contributed by atoms with E-state index in [9.17, 15) is 0 Å². The van der Waals surface area contributed by atoms with Gasteiger partial charge in [0, 0.05) is 39.3 Å². The Morgan fingerprint density at radius 1 is 1.10 bits per heavy atom. The van der Waals surface area contributed by atoms with E-state index in [4.69, 9.17) is 9.47 Å². The van der Waals surface area contributed by atoms with Gasteiger partial charge in [0.1, 0.15) is 0 Å². The van der Waals surface area contributed by atoms with Crippen LogP contribution in [0.5, 0.6) is 0 Å². The molecule has 2 aliphatic heterocycles. The molecule has 20 heavy (non-hydrogen) atoms. The molecule has 118 valence electrons. The highest BCUT2D eigenvalue weighted by atomic mass is 16.5. The van der Waals surface area contributed by atoms with Gasteiger partial charge >= 0.3 is 0 Å². The number of ether oxygens (including phenoxy) is 2. The number of nitrogens with zero attached hydrogens (tertiary/aromatic N) is 2. The fraction of sp³-hybridized carbons (Fsp3) is 1.00. The Kier molecular flexibility index (Phi) is 7.28. The molecule has 0 bridgehead atoms. The topological polar surface area (TPSA) is 24.9 Å². The first-order valence-electron chi connectivity index (χ1n) is 8.38. The smallest absolute Gasteiger partial charge is 0.0809 e. The summed E-state index contributed by atoms with van der Waals surface area (Å²) < 4.78 is 11.3. The summed E-state index contributed by atoms with van der Waals surface area (Å²) in [7, 11) is 0. The molecule has 4 heteroatoms. The van der Waals surface area contributed by atoms with E-state index in [0.717, 1.165) is 32.3 Å². The normalized spacial score (nSPS) is 25.6. The first-order chi connectivity index (χ1) is 9.74. The van der Waals surface area contributed by atoms with E-state index >= 15 is 0 Å². The highest BCUT2D eigenvalue weighted by molar-refractivity contribution is 4.72. The third-order valence-corrected chi connectivity index (χ3v) is 4.37. The van der Waals surface area contributed by atoms with Gasteiger partial charge in [-0.2, -0.15) is 0 Å². The van der Waals surface area contributed by atoms with Gasteiger partial charge in [-0.3, -0.25) is 4.90 Å². The van der Waals surface area contributed by atoms with Gasteiger partial charge in [0.25, 0.3) is 0 Å². The molecule has 0 saturated carbocycles. The second-order valence-electron chi connectivity index (χ2n) is 6.58. The van der Waals surface area contributed by atoms with Gasteiger partial charge in [0.2, 0.25) is 0 Å². The van der Waals surface area contributed by atoms with Gasteiger partial charge < -0.3 is 14.4 Å². The van der Waals surface area contributed by atoms with Gasteiger partial charge in [-0.15, -0.1) is 0 Å². The quantitative estimate of drug-likeness (QED) is 0.635. The van der Waals surface area contributed by atoms with Crippen molar-refractivity contribution in [3.63, 3.8) is 0 Å². The van der Waals surface area contributed by atoms with Crippen molar-refractivity contribution in [1.82, 2.24) is 9.80 Å². The zero-order valence-corrected chi connectivity index (χ0v) is 13.4. The summed E-state index contributed by atoms with van der Waals surface area (Å²) in [5, 5.41) is 0. The third kappa shape index (κ3) is 6.08. The molecule has 2 fully saturated rings. The Morgan fingerprint density at radius 2 is 1.80 bits per heavy atom. The van der Waals surface area contributed by atoms with Crippen molar-refractivity contribution in [2.24, 2.45) is 5.92 Å². The molecule has 0 spiro atoms. The first-order valence-corrected chi connectivity index (χ1v) is 8.38. The van der Waals surface area contributed by atoms with E-state index in [1.807, 2.05) is 0 Å². The van der Waals surface area contributed by atoms with Crippen LogP contribution in [0.3, 0.4) is 0 Å². The zero-order chi connectivity index (χ0) is 14.2. The van der Waals surface area contributed by atoms with Gasteiger partial charge in [-0.25, -0.2) is 0 Å². The van der Waals surface area contributed by atoms with E-state index in [0.29, 0.717) is 6.10 Å². The van der Waals surface area contributed by atoms with Crippen molar-refractivity contribution in [2.45, 2.75) is 39.2 Å². The zero-order valence-electron chi connectivity index (χ0n) is 13.4. The summed E-state index contributed by atoms with van der Waals surface area (Å²) in [4.78, 5) is 5.13. The molecule has 0 aromatic rings. The van der Waals surface area contributed by atoms with E-state index < -0.39 is 0 Å². The van der Waals surface area contributed by atoms with Gasteiger partial charge in [0.15, 0.2) is 0 Å². The molecule has 0 aliphatic carbocycles. The lowest BCUT2D eigenvalue weighted by Crippen LogP contribution is -2.47. The molecule has 2 rings (SSSR count). The maximum Gasteiger partial charge on any atom is 0.0809 e. The molecule has 2 saturated heterocycles. The third-order valence-electron chi connectivity index (χ3n) is 4.37. The lowest BCUT2D eigenvalue weighted by molar-refractivity contribution is 0.00627. The minimum absolute atomic E-state index is 0.364. The lowest BCUT2D eigenvalue weighted by Gasteiger charge is -2.34. The molecule has 0 aromatic carbocycles. The number of hydrogen-bond donors (Lipinski definition) is 0. The predicted octanol–water partition coefficient (Wildman–Crippen LogP) is 1.85. The van der Waals surface area contributed by atoms with Gasteiger partial charge in [-0.05, 0) is 31.7 Å². The molecular weight excluding hydrogens is 252 g/mol. The minimum Gasteiger partial charge on any atom is -0.377 e. The van der Waals surface area contributed by atoms with E-state index in [1.165, 1.54) is 52.0 Å². The largest absolute Gasteiger partial charge is 0.377 e. The van der Waals surface area contributed by atoms with Crippen LogP contribution in [0.4, 0.5) is 0 Å². The maximum atomic E-state index is 5.75. The SMILES string of the molecule is CC(C)CCN1CCN(CCOC[C@@H]2CCCO2)CC1. The molecule has 4 nitrogen and oxygen atoms in total. The molecule has 0 radical (unpaired) electrons. The van der Waals surface area contributed by atoms with Crippen molar-refractivity contribution in [2.75, 3.05) is 59.1 Å². The van der Waals surface area contributed by atoms with Crippen LogP contribution in [0, 0.1) is 5.92 Å². The van der Waals surface area contributed by atoms with Crippen LogP contribution in [0.15, 0.2) is 0 Å². The van der Waals surface area contributed by atoms with Crippen LogP contribution in [-0.4, -0.2) is 75.0 Å². The fourth-order valence-electron chi connectivity index (χ4n) is 2.86. The van der Waals surface area contributed by atoms with Gasteiger partial charge in [0.05, 0.1) is 19.3 Å². The Morgan fingerprint density at radius 3 is 2.40 bits per heavy atom. The molecule has 1 atom stereocenters. The molecule has 2 heterocycles. The second-order valence-corrected chi connectivity index (χ2v) is 6.58. The molecule has 0 unspecified atom stereocenters. The molecular formula is C16H32N2O2. The standard InChI is InChI=1S/C16H32N2O2/c1-15(2)5-6-17-7-9-18(10-8-17)11-13-19-14-16-4-3-12-20-16/h15-16H,3-14H2,1-2H3/t16-/m0/s1. The monoisotopic (exact) mass is 284 g/mol. The summed E-state index contributed by atoms with van der Waals surface area (Å²) in [5.41, 5.74) is 0. The highest BCUT2D eigenvalue weighted by Gasteiger charge is 2.18. The number of hydrogen-bond acceptors (Lipinski definition) is 4. The summed E-state index contributed by atoms with van der Waals surface area (Å²) in [6.07, 6.45) is 4.06. The van der Waals surface area contributed by atoms with Gasteiger partial charge in [-0.1, -0.05) is 13.8 Å². The predicted molar refractivity (Wildman–Crippen MR) is 82.1 cm³/mol. The number of rotatable bonds is 8. The summed E-state index contributed by atoms with van der Waals surface area (Å²) >= 11 is 0. The Bertz CT molecular complexity index is 247. The highest BCUT2D eigenvalue weighted by Crippen LogP contribution is 2.12. The summed E-state index contributed by atoms with van der Waals surface area (Å²) in [5.74, 6) is 0.819. The van der Waals surface area contributed by atoms with Crippen LogP contribution >= 0.6 is 0 Å². The first kappa shape index (κ1) is 16.2. The fourth-order valence-corrected chi connectivity index (χ4v) is 2.86. The van der Waals surface area contributed by atoms with Crippen LogP contribution in [-0.2, 0) is 9.47 Å². The molecule has 0 aromatic heterocycles. The van der Waals surface area contributed by atoms with Crippen molar-refractivity contribution in [3.8, 4) is 0 Å². The van der Waals surface area contributed by atoms with Crippen molar-refractivity contribution >= 4 is 0 Å². The molecule has 2 aliphatic rings.